The number of nitrogens with zero attached hydrogens (tertiary/aromatic N) is 1. The Bertz CT molecular complexity index is 756. The molecule has 1 aliphatic carbocycles. The number of amides is 1. The zero-order valence-corrected chi connectivity index (χ0v) is 13.1. The maximum atomic E-state index is 12.8. The molecular formula is C19H22N2O. The Morgan fingerprint density at radius 1 is 1.32 bits per heavy atom. The van der Waals surface area contributed by atoms with Crippen LogP contribution >= 0.6 is 0 Å². The number of aromatic nitrogens is 1. The van der Waals surface area contributed by atoms with E-state index in [-0.39, 0.29) is 5.92 Å². The lowest BCUT2D eigenvalue weighted by Crippen LogP contribution is -2.39. The van der Waals surface area contributed by atoms with Crippen LogP contribution in [0, 0.1) is 12.8 Å². The van der Waals surface area contributed by atoms with Crippen LogP contribution in [0.5, 0.6) is 0 Å². The van der Waals surface area contributed by atoms with Crippen LogP contribution in [0.15, 0.2) is 30.4 Å². The summed E-state index contributed by atoms with van der Waals surface area (Å²) in [6.07, 6.45) is 8.26. The van der Waals surface area contributed by atoms with Crippen LogP contribution in [0.3, 0.4) is 0 Å². The van der Waals surface area contributed by atoms with E-state index in [2.05, 4.69) is 47.2 Å². The van der Waals surface area contributed by atoms with Gasteiger partial charge in [-0.1, -0.05) is 23.8 Å². The number of hydrogen-bond acceptors (Lipinski definition) is 1. The number of H-pyrrole nitrogens is 1. The van der Waals surface area contributed by atoms with Gasteiger partial charge in [0, 0.05) is 47.6 Å². The van der Waals surface area contributed by atoms with Gasteiger partial charge in [0.05, 0.1) is 0 Å². The number of nitrogens with one attached hydrogen (secondary N) is 1. The third kappa shape index (κ3) is 2.25. The van der Waals surface area contributed by atoms with E-state index in [4.69, 9.17) is 0 Å². The van der Waals surface area contributed by atoms with E-state index in [1.165, 1.54) is 27.7 Å². The first-order valence-corrected chi connectivity index (χ1v) is 8.26. The Labute approximate surface area is 131 Å². The van der Waals surface area contributed by atoms with Crippen molar-refractivity contribution >= 4 is 16.8 Å². The van der Waals surface area contributed by atoms with Crippen molar-refractivity contribution in [3.05, 3.63) is 47.2 Å². The lowest BCUT2D eigenvalue weighted by atomic mass is 9.92. The van der Waals surface area contributed by atoms with Crippen molar-refractivity contribution in [1.82, 2.24) is 9.88 Å². The van der Waals surface area contributed by atoms with Gasteiger partial charge in [0.15, 0.2) is 0 Å². The summed E-state index contributed by atoms with van der Waals surface area (Å²) >= 11 is 0. The zero-order valence-electron chi connectivity index (χ0n) is 13.1. The fourth-order valence-electron chi connectivity index (χ4n) is 3.79. The summed E-state index contributed by atoms with van der Waals surface area (Å²) in [5.74, 6) is 0.537. The van der Waals surface area contributed by atoms with Crippen LogP contribution in [0.1, 0.15) is 36.1 Å². The molecule has 0 radical (unpaired) electrons. The minimum Gasteiger partial charge on any atom is -0.358 e. The maximum Gasteiger partial charge on any atom is 0.226 e. The van der Waals surface area contributed by atoms with E-state index < -0.39 is 0 Å². The summed E-state index contributed by atoms with van der Waals surface area (Å²) in [5, 5.41) is 1.29. The predicted molar refractivity (Wildman–Crippen MR) is 88.6 cm³/mol. The molecule has 1 amide bonds. The second-order valence-electron chi connectivity index (χ2n) is 6.62. The summed E-state index contributed by atoms with van der Waals surface area (Å²) in [7, 11) is 0. The Kier molecular flexibility index (Phi) is 3.29. The van der Waals surface area contributed by atoms with E-state index in [1.807, 2.05) is 0 Å². The van der Waals surface area contributed by atoms with E-state index >= 15 is 0 Å². The molecule has 3 heteroatoms. The molecule has 1 N–H and O–H groups in total. The SMILES string of the molecule is Cc1ccc2[nH]c3c(c2c1)CN(C(=O)C1CC=CCC1)CC3. The molecule has 2 heterocycles. The maximum absolute atomic E-state index is 12.8. The minimum atomic E-state index is 0.193. The molecule has 0 spiro atoms. The number of fused-ring (bicyclic) bond motifs is 3. The molecule has 1 aromatic heterocycles. The molecule has 3 nitrogen and oxygen atoms in total. The van der Waals surface area contributed by atoms with Crippen molar-refractivity contribution in [2.45, 2.75) is 39.2 Å². The van der Waals surface area contributed by atoms with Crippen molar-refractivity contribution in [1.29, 1.82) is 0 Å². The Balaban J connectivity index is 1.63. The molecule has 0 bridgehead atoms. The Morgan fingerprint density at radius 2 is 2.23 bits per heavy atom. The van der Waals surface area contributed by atoms with Crippen LogP contribution < -0.4 is 0 Å². The summed E-state index contributed by atoms with van der Waals surface area (Å²) < 4.78 is 0. The monoisotopic (exact) mass is 294 g/mol. The Hall–Kier alpha value is -2.03. The second kappa shape index (κ2) is 5.31. The molecule has 1 aliphatic heterocycles. The number of carbonyl (C=O) groups is 1. The van der Waals surface area contributed by atoms with E-state index in [0.717, 1.165) is 38.8 Å². The molecule has 1 atom stereocenters. The van der Waals surface area contributed by atoms with Gasteiger partial charge in [0.25, 0.3) is 0 Å². The van der Waals surface area contributed by atoms with Crippen molar-refractivity contribution in [2.75, 3.05) is 6.54 Å². The smallest absolute Gasteiger partial charge is 0.226 e. The molecular weight excluding hydrogens is 272 g/mol. The van der Waals surface area contributed by atoms with E-state index in [1.54, 1.807) is 0 Å². The number of hydrogen-bond donors (Lipinski definition) is 1. The topological polar surface area (TPSA) is 36.1 Å². The van der Waals surface area contributed by atoms with Gasteiger partial charge in [0.1, 0.15) is 0 Å². The molecule has 0 saturated heterocycles. The van der Waals surface area contributed by atoms with Gasteiger partial charge in [-0.25, -0.2) is 0 Å². The summed E-state index contributed by atoms with van der Waals surface area (Å²) in [6.45, 7) is 3.73. The van der Waals surface area contributed by atoms with Crippen molar-refractivity contribution in [3.8, 4) is 0 Å². The normalized spacial score (nSPS) is 21.1. The molecule has 1 unspecified atom stereocenters. The molecule has 0 saturated carbocycles. The van der Waals surface area contributed by atoms with Gasteiger partial charge < -0.3 is 9.88 Å². The number of aromatic amines is 1. The van der Waals surface area contributed by atoms with Crippen molar-refractivity contribution in [3.63, 3.8) is 0 Å². The first-order chi connectivity index (χ1) is 10.7. The van der Waals surface area contributed by atoms with Crippen LogP contribution in [-0.2, 0) is 17.8 Å². The zero-order chi connectivity index (χ0) is 15.1. The third-order valence-electron chi connectivity index (χ3n) is 5.06. The largest absolute Gasteiger partial charge is 0.358 e. The molecule has 4 rings (SSSR count). The highest BCUT2D eigenvalue weighted by Crippen LogP contribution is 2.30. The average Bonchev–Trinajstić information content (AvgIpc) is 2.92. The second-order valence-corrected chi connectivity index (χ2v) is 6.62. The van der Waals surface area contributed by atoms with Gasteiger partial charge in [0.2, 0.25) is 5.91 Å². The van der Waals surface area contributed by atoms with E-state index in [0.29, 0.717) is 5.91 Å². The van der Waals surface area contributed by atoms with Gasteiger partial charge in [-0.15, -0.1) is 0 Å². The van der Waals surface area contributed by atoms with Gasteiger partial charge in [-0.05, 0) is 38.3 Å². The molecule has 1 aromatic carbocycles. The fraction of sp³-hybridized carbons (Fsp3) is 0.421. The Morgan fingerprint density at radius 3 is 3.05 bits per heavy atom. The number of aryl methyl sites for hydroxylation is 1. The molecule has 114 valence electrons. The molecule has 2 aliphatic rings. The quantitative estimate of drug-likeness (QED) is 0.800. The van der Waals surface area contributed by atoms with Crippen molar-refractivity contribution < 1.29 is 4.79 Å². The number of rotatable bonds is 1. The lowest BCUT2D eigenvalue weighted by molar-refractivity contribution is -0.136. The summed E-state index contributed by atoms with van der Waals surface area (Å²) in [4.78, 5) is 18.4. The highest BCUT2D eigenvalue weighted by molar-refractivity contribution is 5.87. The van der Waals surface area contributed by atoms with Crippen molar-refractivity contribution in [2.24, 2.45) is 5.92 Å². The number of carbonyl (C=O) groups excluding carboxylic acids is 1. The van der Waals surface area contributed by atoms with Crippen LogP contribution in [-0.4, -0.2) is 22.3 Å². The molecule has 2 aromatic rings. The first-order valence-electron chi connectivity index (χ1n) is 8.26. The molecule has 22 heavy (non-hydrogen) atoms. The van der Waals surface area contributed by atoms with Gasteiger partial charge in [-0.2, -0.15) is 0 Å². The standard InChI is InChI=1S/C19H22N2O/c1-13-7-8-17-15(11-13)16-12-21(10-9-18(16)20-17)19(22)14-5-3-2-4-6-14/h2-3,7-8,11,14,20H,4-6,9-10,12H2,1H3. The predicted octanol–water partition coefficient (Wildman–Crippen LogP) is 3.72. The minimum absolute atomic E-state index is 0.193. The third-order valence-corrected chi connectivity index (χ3v) is 5.06. The first kappa shape index (κ1) is 13.6. The average molecular weight is 294 g/mol. The van der Waals surface area contributed by atoms with Crippen LogP contribution in [0.2, 0.25) is 0 Å². The van der Waals surface area contributed by atoms with Crippen LogP contribution in [0.4, 0.5) is 0 Å². The highest BCUT2D eigenvalue weighted by Gasteiger charge is 2.28. The summed E-state index contributed by atoms with van der Waals surface area (Å²) in [5.41, 5.74) is 5.11. The summed E-state index contributed by atoms with van der Waals surface area (Å²) in [6, 6.07) is 6.53. The van der Waals surface area contributed by atoms with Crippen LogP contribution in [0.25, 0.3) is 10.9 Å². The van der Waals surface area contributed by atoms with E-state index in [9.17, 15) is 4.79 Å². The number of benzene rings is 1. The van der Waals surface area contributed by atoms with Gasteiger partial charge >= 0.3 is 0 Å². The fourth-order valence-corrected chi connectivity index (χ4v) is 3.79. The number of allylic oxidation sites excluding steroid dienone is 2. The lowest BCUT2D eigenvalue weighted by Gasteiger charge is -2.31. The highest BCUT2D eigenvalue weighted by atomic mass is 16.2. The molecule has 0 fully saturated rings. The van der Waals surface area contributed by atoms with Gasteiger partial charge in [-0.3, -0.25) is 4.79 Å².